The zero-order valence-electron chi connectivity index (χ0n) is 10.8. The molecule has 0 saturated carbocycles. The molecule has 0 atom stereocenters. The Kier molecular flexibility index (Phi) is 4.57. The number of nitrogens with zero attached hydrogens (tertiary/aromatic N) is 1. The summed E-state index contributed by atoms with van der Waals surface area (Å²) in [6, 6.07) is 7.86. The van der Waals surface area contributed by atoms with E-state index in [9.17, 15) is 4.79 Å². The van der Waals surface area contributed by atoms with Crippen LogP contribution in [0.15, 0.2) is 29.3 Å². The first-order valence-corrected chi connectivity index (χ1v) is 7.56. The highest BCUT2D eigenvalue weighted by molar-refractivity contribution is 7.98. The van der Waals surface area contributed by atoms with Crippen LogP contribution in [0.2, 0.25) is 0 Å². The molecule has 19 heavy (non-hydrogen) atoms. The second-order valence-corrected chi connectivity index (χ2v) is 6.32. The molecule has 2 aromatic heterocycles. The molecule has 0 saturated heterocycles. The lowest BCUT2D eigenvalue weighted by Crippen LogP contribution is -2.29. The molecule has 0 aliphatic carbocycles. The van der Waals surface area contributed by atoms with Crippen LogP contribution < -0.4 is 11.3 Å². The van der Waals surface area contributed by atoms with Gasteiger partial charge in [0.2, 0.25) is 0 Å². The Balaban J connectivity index is 2.02. The summed E-state index contributed by atoms with van der Waals surface area (Å²) < 4.78 is 0. The highest BCUT2D eigenvalue weighted by atomic mass is 32.2. The molecule has 1 amide bonds. The van der Waals surface area contributed by atoms with Gasteiger partial charge in [0, 0.05) is 16.3 Å². The van der Waals surface area contributed by atoms with Gasteiger partial charge in [-0.15, -0.1) is 23.1 Å². The van der Waals surface area contributed by atoms with Gasteiger partial charge in [-0.2, -0.15) is 0 Å². The predicted octanol–water partition coefficient (Wildman–Crippen LogP) is 2.66. The van der Waals surface area contributed by atoms with E-state index in [1.165, 1.54) is 16.9 Å². The third-order valence-corrected chi connectivity index (χ3v) is 4.68. The van der Waals surface area contributed by atoms with Gasteiger partial charge in [0.15, 0.2) is 0 Å². The molecule has 4 nitrogen and oxygen atoms in total. The molecule has 0 radical (unpaired) electrons. The Morgan fingerprint density at radius 3 is 2.89 bits per heavy atom. The maximum Gasteiger partial charge on any atom is 0.275 e. The first kappa shape index (κ1) is 14.0. The minimum atomic E-state index is -0.245. The molecule has 0 bridgehead atoms. The van der Waals surface area contributed by atoms with E-state index in [2.05, 4.69) is 29.5 Å². The third kappa shape index (κ3) is 3.79. The minimum Gasteiger partial charge on any atom is -0.289 e. The molecule has 6 heteroatoms. The van der Waals surface area contributed by atoms with Crippen molar-refractivity contribution in [2.75, 3.05) is 0 Å². The standard InChI is InChI=1S/C13H15N3OS2/c1-8-5-9(2)15-12(6-8)18-7-10-3-4-11(19-10)13(17)16-14/h3-6H,7,14H2,1-2H3,(H,16,17). The Morgan fingerprint density at radius 2 is 2.21 bits per heavy atom. The largest absolute Gasteiger partial charge is 0.289 e. The Hall–Kier alpha value is -1.37. The van der Waals surface area contributed by atoms with Crippen molar-refractivity contribution in [1.82, 2.24) is 10.4 Å². The van der Waals surface area contributed by atoms with Crippen molar-refractivity contribution in [3.63, 3.8) is 0 Å². The van der Waals surface area contributed by atoms with Crippen LogP contribution >= 0.6 is 23.1 Å². The number of nitrogen functional groups attached to an aromatic ring is 1. The first-order chi connectivity index (χ1) is 9.08. The molecule has 0 aromatic carbocycles. The maximum absolute atomic E-state index is 11.3. The molecule has 0 unspecified atom stereocenters. The van der Waals surface area contributed by atoms with E-state index in [1.807, 2.05) is 13.0 Å². The second kappa shape index (κ2) is 6.18. The summed E-state index contributed by atoms with van der Waals surface area (Å²) >= 11 is 3.12. The maximum atomic E-state index is 11.3. The molecule has 2 heterocycles. The van der Waals surface area contributed by atoms with Crippen molar-refractivity contribution in [2.45, 2.75) is 24.6 Å². The average molecular weight is 293 g/mol. The number of aryl methyl sites for hydroxylation is 2. The summed E-state index contributed by atoms with van der Waals surface area (Å²) in [5, 5.41) is 1.01. The normalized spacial score (nSPS) is 10.5. The number of amides is 1. The number of thioether (sulfide) groups is 1. The van der Waals surface area contributed by atoms with Gasteiger partial charge in [0.1, 0.15) is 0 Å². The van der Waals surface area contributed by atoms with Crippen molar-refractivity contribution < 1.29 is 4.79 Å². The van der Waals surface area contributed by atoms with Gasteiger partial charge < -0.3 is 0 Å². The fraction of sp³-hybridized carbons (Fsp3) is 0.231. The number of hydrogen-bond donors (Lipinski definition) is 2. The van der Waals surface area contributed by atoms with E-state index >= 15 is 0 Å². The summed E-state index contributed by atoms with van der Waals surface area (Å²) in [5.74, 6) is 5.66. The van der Waals surface area contributed by atoms with Gasteiger partial charge in [-0.05, 0) is 43.7 Å². The van der Waals surface area contributed by atoms with Gasteiger partial charge in [-0.3, -0.25) is 10.2 Å². The number of aromatic nitrogens is 1. The highest BCUT2D eigenvalue weighted by Gasteiger charge is 2.08. The number of carbonyl (C=O) groups excluding carboxylic acids is 1. The van der Waals surface area contributed by atoms with E-state index in [0.717, 1.165) is 21.3 Å². The van der Waals surface area contributed by atoms with E-state index in [0.29, 0.717) is 4.88 Å². The second-order valence-electron chi connectivity index (χ2n) is 4.15. The molecular weight excluding hydrogens is 278 g/mol. The van der Waals surface area contributed by atoms with Crippen LogP contribution in [0.3, 0.4) is 0 Å². The molecule has 2 rings (SSSR count). The van der Waals surface area contributed by atoms with E-state index < -0.39 is 0 Å². The van der Waals surface area contributed by atoms with Gasteiger partial charge >= 0.3 is 0 Å². The van der Waals surface area contributed by atoms with Crippen molar-refractivity contribution in [3.8, 4) is 0 Å². The molecular formula is C13H15N3OS2. The zero-order chi connectivity index (χ0) is 13.8. The van der Waals surface area contributed by atoms with Crippen LogP contribution in [0.25, 0.3) is 0 Å². The van der Waals surface area contributed by atoms with Gasteiger partial charge in [0.25, 0.3) is 5.91 Å². The van der Waals surface area contributed by atoms with Gasteiger partial charge in [0.05, 0.1) is 9.90 Å². The topological polar surface area (TPSA) is 68.0 Å². The van der Waals surface area contributed by atoms with Crippen molar-refractivity contribution >= 4 is 29.0 Å². The lowest BCUT2D eigenvalue weighted by atomic mass is 10.3. The fourth-order valence-electron chi connectivity index (χ4n) is 1.67. The van der Waals surface area contributed by atoms with Crippen LogP contribution in [0, 0.1) is 13.8 Å². The summed E-state index contributed by atoms with van der Waals surface area (Å²) in [6.45, 7) is 4.06. The first-order valence-electron chi connectivity index (χ1n) is 5.76. The van der Waals surface area contributed by atoms with Crippen LogP contribution in [0.4, 0.5) is 0 Å². The number of pyridine rings is 1. The third-order valence-electron chi connectivity index (χ3n) is 2.45. The highest BCUT2D eigenvalue weighted by Crippen LogP contribution is 2.26. The molecule has 0 aliphatic heterocycles. The molecule has 0 spiro atoms. The van der Waals surface area contributed by atoms with E-state index in [-0.39, 0.29) is 5.91 Å². The number of nitrogens with two attached hydrogens (primary N) is 1. The molecule has 0 fully saturated rings. The van der Waals surface area contributed by atoms with Crippen molar-refractivity contribution in [3.05, 3.63) is 45.3 Å². The molecule has 3 N–H and O–H groups in total. The van der Waals surface area contributed by atoms with Crippen LogP contribution in [0.1, 0.15) is 25.8 Å². The Labute approximate surface area is 120 Å². The smallest absolute Gasteiger partial charge is 0.275 e. The quantitative estimate of drug-likeness (QED) is 0.393. The summed E-state index contributed by atoms with van der Waals surface area (Å²) in [7, 11) is 0. The van der Waals surface area contributed by atoms with E-state index in [1.54, 1.807) is 17.8 Å². The number of hydrogen-bond acceptors (Lipinski definition) is 5. The number of hydrazine groups is 1. The number of carbonyl (C=O) groups is 1. The monoisotopic (exact) mass is 293 g/mol. The fourth-order valence-corrected chi connectivity index (χ4v) is 3.65. The summed E-state index contributed by atoms with van der Waals surface area (Å²) in [4.78, 5) is 17.6. The Bertz CT molecular complexity index is 575. The molecule has 0 aliphatic rings. The number of nitrogens with one attached hydrogen (secondary N) is 1. The predicted molar refractivity (Wildman–Crippen MR) is 79.2 cm³/mol. The minimum absolute atomic E-state index is 0.245. The Morgan fingerprint density at radius 1 is 1.42 bits per heavy atom. The average Bonchev–Trinajstić information content (AvgIpc) is 2.83. The van der Waals surface area contributed by atoms with E-state index in [4.69, 9.17) is 5.84 Å². The van der Waals surface area contributed by atoms with Gasteiger partial charge in [-0.1, -0.05) is 0 Å². The van der Waals surface area contributed by atoms with Gasteiger partial charge in [-0.25, -0.2) is 10.8 Å². The van der Waals surface area contributed by atoms with Crippen LogP contribution in [0.5, 0.6) is 0 Å². The van der Waals surface area contributed by atoms with Crippen molar-refractivity contribution in [1.29, 1.82) is 0 Å². The van der Waals surface area contributed by atoms with Crippen molar-refractivity contribution in [2.24, 2.45) is 5.84 Å². The lowest BCUT2D eigenvalue weighted by molar-refractivity contribution is 0.0957. The molecule has 100 valence electrons. The molecule has 2 aromatic rings. The lowest BCUT2D eigenvalue weighted by Gasteiger charge is -2.02. The summed E-state index contributed by atoms with van der Waals surface area (Å²) in [6.07, 6.45) is 0. The zero-order valence-corrected chi connectivity index (χ0v) is 12.4. The summed E-state index contributed by atoms with van der Waals surface area (Å²) in [5.41, 5.74) is 4.37. The number of rotatable bonds is 4. The van der Waals surface area contributed by atoms with Crippen LogP contribution in [-0.4, -0.2) is 10.9 Å². The SMILES string of the molecule is Cc1cc(C)nc(SCc2ccc(C(=O)NN)s2)c1. The number of thiophene rings is 1. The van der Waals surface area contributed by atoms with Crippen LogP contribution in [-0.2, 0) is 5.75 Å².